The molecule has 21 heavy (non-hydrogen) atoms. The maximum atomic E-state index is 5.61. The lowest BCUT2D eigenvalue weighted by Gasteiger charge is -2.18. The quantitative estimate of drug-likeness (QED) is 0.745. The zero-order valence-corrected chi connectivity index (χ0v) is 14.4. The number of benzene rings is 1. The van der Waals surface area contributed by atoms with E-state index in [2.05, 4.69) is 15.9 Å². The molecule has 1 aromatic carbocycles. The number of rotatable bonds is 5. The Bertz CT molecular complexity index is 633. The molecule has 0 bridgehead atoms. The maximum absolute atomic E-state index is 5.61. The Labute approximate surface area is 133 Å². The van der Waals surface area contributed by atoms with Crippen molar-refractivity contribution in [1.29, 1.82) is 0 Å². The van der Waals surface area contributed by atoms with Crippen LogP contribution in [0.4, 0.5) is 0 Å². The molecule has 1 unspecified atom stereocenters. The number of furan rings is 1. The SMILES string of the molecule is COc1ccc(C(Br)c2cc(C)oc2C)c(OC)c1OC. The molecule has 0 saturated carbocycles. The minimum atomic E-state index is -0.0512. The molecule has 0 spiro atoms. The van der Waals surface area contributed by atoms with Crippen molar-refractivity contribution in [3.8, 4) is 17.2 Å². The minimum Gasteiger partial charge on any atom is -0.493 e. The lowest BCUT2D eigenvalue weighted by molar-refractivity contribution is 0.322. The molecule has 0 N–H and O–H groups in total. The Morgan fingerprint density at radius 2 is 1.62 bits per heavy atom. The van der Waals surface area contributed by atoms with E-state index in [9.17, 15) is 0 Å². The van der Waals surface area contributed by atoms with Gasteiger partial charge in [-0.25, -0.2) is 0 Å². The van der Waals surface area contributed by atoms with E-state index >= 15 is 0 Å². The first kappa shape index (κ1) is 15.8. The van der Waals surface area contributed by atoms with Crippen molar-refractivity contribution >= 4 is 15.9 Å². The van der Waals surface area contributed by atoms with Gasteiger partial charge in [-0.05, 0) is 32.0 Å². The van der Waals surface area contributed by atoms with Crippen LogP contribution in [-0.2, 0) is 0 Å². The number of ether oxygens (including phenoxy) is 3. The van der Waals surface area contributed by atoms with Crippen molar-refractivity contribution in [3.05, 3.63) is 40.8 Å². The third-order valence-corrected chi connectivity index (χ3v) is 4.35. The average molecular weight is 355 g/mol. The fraction of sp³-hybridized carbons (Fsp3) is 0.375. The standard InChI is InChI=1S/C16H19BrO4/c1-9-8-12(10(2)21-9)14(17)11-6-7-13(18-3)16(20-5)15(11)19-4/h6-8,14H,1-5H3. The van der Waals surface area contributed by atoms with Crippen LogP contribution in [0.15, 0.2) is 22.6 Å². The molecule has 1 heterocycles. The molecule has 1 aromatic heterocycles. The molecule has 114 valence electrons. The fourth-order valence-corrected chi connectivity index (χ4v) is 3.21. The van der Waals surface area contributed by atoms with Crippen LogP contribution >= 0.6 is 15.9 Å². The number of hydrogen-bond acceptors (Lipinski definition) is 4. The maximum Gasteiger partial charge on any atom is 0.203 e. The van der Waals surface area contributed by atoms with Gasteiger partial charge in [0.15, 0.2) is 11.5 Å². The molecule has 0 amide bonds. The molecule has 5 heteroatoms. The highest BCUT2D eigenvalue weighted by molar-refractivity contribution is 9.09. The Morgan fingerprint density at radius 1 is 0.952 bits per heavy atom. The van der Waals surface area contributed by atoms with E-state index in [1.807, 2.05) is 32.0 Å². The van der Waals surface area contributed by atoms with E-state index in [0.717, 1.165) is 22.6 Å². The van der Waals surface area contributed by atoms with Gasteiger partial charge in [-0.3, -0.25) is 0 Å². The molecular weight excluding hydrogens is 336 g/mol. The molecular formula is C16H19BrO4. The van der Waals surface area contributed by atoms with Crippen LogP contribution in [0.2, 0.25) is 0 Å². The lowest BCUT2D eigenvalue weighted by Crippen LogP contribution is -2.01. The van der Waals surface area contributed by atoms with E-state index in [1.165, 1.54) is 0 Å². The highest BCUT2D eigenvalue weighted by Gasteiger charge is 2.24. The molecule has 0 aliphatic carbocycles. The van der Waals surface area contributed by atoms with Crippen LogP contribution in [0, 0.1) is 13.8 Å². The van der Waals surface area contributed by atoms with Gasteiger partial charge in [0.2, 0.25) is 5.75 Å². The van der Waals surface area contributed by atoms with Crippen LogP contribution < -0.4 is 14.2 Å². The zero-order valence-electron chi connectivity index (χ0n) is 12.8. The number of aryl methyl sites for hydroxylation is 2. The minimum absolute atomic E-state index is 0.0512. The number of halogens is 1. The fourth-order valence-electron chi connectivity index (χ4n) is 2.39. The molecule has 2 rings (SSSR count). The number of hydrogen-bond donors (Lipinski definition) is 0. The summed E-state index contributed by atoms with van der Waals surface area (Å²) in [5, 5.41) is 0. The van der Waals surface area contributed by atoms with Crippen LogP contribution in [0.3, 0.4) is 0 Å². The normalized spacial score (nSPS) is 12.1. The molecule has 2 aromatic rings. The monoisotopic (exact) mass is 354 g/mol. The van der Waals surface area contributed by atoms with Gasteiger partial charge in [0.05, 0.1) is 26.2 Å². The second-order valence-electron chi connectivity index (χ2n) is 4.65. The average Bonchev–Trinajstić information content (AvgIpc) is 2.83. The number of methoxy groups -OCH3 is 3. The second kappa shape index (κ2) is 6.43. The van der Waals surface area contributed by atoms with Gasteiger partial charge in [0.25, 0.3) is 0 Å². The van der Waals surface area contributed by atoms with Crippen molar-refractivity contribution in [1.82, 2.24) is 0 Å². The Hall–Kier alpha value is -1.62. The summed E-state index contributed by atoms with van der Waals surface area (Å²) in [6, 6.07) is 5.85. The first-order valence-electron chi connectivity index (χ1n) is 6.53. The predicted molar refractivity (Wildman–Crippen MR) is 85.1 cm³/mol. The van der Waals surface area contributed by atoms with Gasteiger partial charge in [-0.15, -0.1) is 0 Å². The predicted octanol–water partition coefficient (Wildman–Crippen LogP) is 4.41. The van der Waals surface area contributed by atoms with E-state index < -0.39 is 0 Å². The highest BCUT2D eigenvalue weighted by Crippen LogP contribution is 2.46. The summed E-state index contributed by atoms with van der Waals surface area (Å²) in [6.07, 6.45) is 0. The summed E-state index contributed by atoms with van der Waals surface area (Å²) in [4.78, 5) is -0.0512. The van der Waals surface area contributed by atoms with Gasteiger partial charge in [-0.2, -0.15) is 0 Å². The molecule has 0 radical (unpaired) electrons. The van der Waals surface area contributed by atoms with Gasteiger partial charge in [0.1, 0.15) is 11.5 Å². The van der Waals surface area contributed by atoms with Crippen molar-refractivity contribution in [2.24, 2.45) is 0 Å². The van der Waals surface area contributed by atoms with Crippen molar-refractivity contribution in [3.63, 3.8) is 0 Å². The van der Waals surface area contributed by atoms with Crippen molar-refractivity contribution in [2.45, 2.75) is 18.7 Å². The summed E-state index contributed by atoms with van der Waals surface area (Å²) in [5.41, 5.74) is 2.03. The summed E-state index contributed by atoms with van der Waals surface area (Å²) >= 11 is 3.72. The summed E-state index contributed by atoms with van der Waals surface area (Å²) < 4.78 is 21.9. The summed E-state index contributed by atoms with van der Waals surface area (Å²) in [5.74, 6) is 3.63. The third kappa shape index (κ3) is 2.88. The van der Waals surface area contributed by atoms with Crippen molar-refractivity contribution in [2.75, 3.05) is 21.3 Å². The van der Waals surface area contributed by atoms with E-state index in [4.69, 9.17) is 18.6 Å². The molecule has 1 atom stereocenters. The van der Waals surface area contributed by atoms with Gasteiger partial charge >= 0.3 is 0 Å². The molecule has 4 nitrogen and oxygen atoms in total. The van der Waals surface area contributed by atoms with Crippen LogP contribution in [-0.4, -0.2) is 21.3 Å². The van der Waals surface area contributed by atoms with E-state index in [-0.39, 0.29) is 4.83 Å². The number of alkyl halides is 1. The lowest BCUT2D eigenvalue weighted by atomic mass is 10.0. The summed E-state index contributed by atoms with van der Waals surface area (Å²) in [6.45, 7) is 3.88. The smallest absolute Gasteiger partial charge is 0.203 e. The molecule has 0 aliphatic heterocycles. The molecule has 0 fully saturated rings. The Morgan fingerprint density at radius 3 is 2.10 bits per heavy atom. The molecule has 0 aliphatic rings. The Balaban J connectivity index is 2.55. The van der Waals surface area contributed by atoms with Crippen LogP contribution in [0.25, 0.3) is 0 Å². The van der Waals surface area contributed by atoms with Crippen LogP contribution in [0.5, 0.6) is 17.2 Å². The first-order chi connectivity index (χ1) is 10.0. The third-order valence-electron chi connectivity index (χ3n) is 3.36. The molecule has 0 saturated heterocycles. The highest BCUT2D eigenvalue weighted by atomic mass is 79.9. The van der Waals surface area contributed by atoms with Crippen molar-refractivity contribution < 1.29 is 18.6 Å². The van der Waals surface area contributed by atoms with Gasteiger partial charge in [0, 0.05) is 11.1 Å². The second-order valence-corrected chi connectivity index (χ2v) is 5.57. The zero-order chi connectivity index (χ0) is 15.6. The first-order valence-corrected chi connectivity index (χ1v) is 7.44. The largest absolute Gasteiger partial charge is 0.493 e. The van der Waals surface area contributed by atoms with Gasteiger partial charge in [-0.1, -0.05) is 15.9 Å². The van der Waals surface area contributed by atoms with Crippen LogP contribution in [0.1, 0.15) is 27.5 Å². The topological polar surface area (TPSA) is 40.8 Å². The summed E-state index contributed by atoms with van der Waals surface area (Å²) in [7, 11) is 4.82. The van der Waals surface area contributed by atoms with E-state index in [1.54, 1.807) is 21.3 Å². The van der Waals surface area contributed by atoms with Gasteiger partial charge < -0.3 is 18.6 Å². The van der Waals surface area contributed by atoms with E-state index in [0.29, 0.717) is 17.2 Å². The Kier molecular flexibility index (Phi) is 4.83.